The smallest absolute Gasteiger partial charge is 0.0857 e. The summed E-state index contributed by atoms with van der Waals surface area (Å²) >= 11 is 0. The maximum atomic E-state index is 8.78. The van der Waals surface area contributed by atoms with Crippen LogP contribution in [0.25, 0.3) is 0 Å². The lowest BCUT2D eigenvalue weighted by Gasteiger charge is -2.22. The van der Waals surface area contributed by atoms with E-state index >= 15 is 0 Å². The third-order valence-corrected chi connectivity index (χ3v) is 1.31. The molecule has 0 saturated carbocycles. The van der Waals surface area contributed by atoms with Crippen LogP contribution in [0.4, 0.5) is 0 Å². The van der Waals surface area contributed by atoms with E-state index in [-0.39, 0.29) is 6.61 Å². The molecule has 0 rings (SSSR count). The van der Waals surface area contributed by atoms with Gasteiger partial charge in [-0.15, -0.1) is 0 Å². The summed E-state index contributed by atoms with van der Waals surface area (Å²) < 4.78 is 10.4. The van der Waals surface area contributed by atoms with E-state index in [9.17, 15) is 0 Å². The van der Waals surface area contributed by atoms with Crippen LogP contribution in [0.15, 0.2) is 0 Å². The SMILES string of the molecule is CCOCCOC(C)(C)CO. The molecule has 0 amide bonds. The topological polar surface area (TPSA) is 38.7 Å². The Labute approximate surface area is 68.3 Å². The Kier molecular flexibility index (Phi) is 5.46. The van der Waals surface area contributed by atoms with E-state index in [1.165, 1.54) is 0 Å². The van der Waals surface area contributed by atoms with Gasteiger partial charge in [-0.2, -0.15) is 0 Å². The number of hydrogen-bond donors (Lipinski definition) is 1. The lowest BCUT2D eigenvalue weighted by molar-refractivity contribution is -0.0717. The van der Waals surface area contributed by atoms with E-state index in [1.54, 1.807) is 0 Å². The maximum Gasteiger partial charge on any atom is 0.0857 e. The molecular weight excluding hydrogens is 144 g/mol. The van der Waals surface area contributed by atoms with Crippen LogP contribution < -0.4 is 0 Å². The van der Waals surface area contributed by atoms with Crippen molar-refractivity contribution in [3.05, 3.63) is 0 Å². The van der Waals surface area contributed by atoms with Crippen molar-refractivity contribution < 1.29 is 14.6 Å². The molecule has 11 heavy (non-hydrogen) atoms. The van der Waals surface area contributed by atoms with Crippen molar-refractivity contribution in [2.75, 3.05) is 26.4 Å². The van der Waals surface area contributed by atoms with Gasteiger partial charge >= 0.3 is 0 Å². The summed E-state index contributed by atoms with van der Waals surface area (Å²) in [6.07, 6.45) is 0. The number of aliphatic hydroxyl groups is 1. The third-order valence-electron chi connectivity index (χ3n) is 1.31. The van der Waals surface area contributed by atoms with Gasteiger partial charge in [-0.05, 0) is 20.8 Å². The normalized spacial score (nSPS) is 12.0. The maximum absolute atomic E-state index is 8.78. The minimum absolute atomic E-state index is 0.0408. The molecule has 0 aliphatic carbocycles. The molecule has 3 nitrogen and oxygen atoms in total. The highest BCUT2D eigenvalue weighted by atomic mass is 16.5. The van der Waals surface area contributed by atoms with Gasteiger partial charge in [0.2, 0.25) is 0 Å². The van der Waals surface area contributed by atoms with Crippen molar-refractivity contribution in [2.45, 2.75) is 26.4 Å². The zero-order valence-electron chi connectivity index (χ0n) is 7.59. The average Bonchev–Trinajstić information content (AvgIpc) is 1.99. The van der Waals surface area contributed by atoms with Crippen LogP contribution in [0.5, 0.6) is 0 Å². The second-order valence-electron chi connectivity index (χ2n) is 2.96. The monoisotopic (exact) mass is 162 g/mol. The molecule has 3 heteroatoms. The molecule has 1 N–H and O–H groups in total. The second-order valence-corrected chi connectivity index (χ2v) is 2.96. The predicted octanol–water partition coefficient (Wildman–Crippen LogP) is 0.810. The molecule has 0 radical (unpaired) electrons. The molecule has 0 heterocycles. The fourth-order valence-corrected chi connectivity index (χ4v) is 0.567. The fraction of sp³-hybridized carbons (Fsp3) is 1.00. The number of rotatable bonds is 6. The van der Waals surface area contributed by atoms with Gasteiger partial charge in [-0.25, -0.2) is 0 Å². The van der Waals surface area contributed by atoms with E-state index in [4.69, 9.17) is 14.6 Å². The largest absolute Gasteiger partial charge is 0.393 e. The van der Waals surface area contributed by atoms with E-state index in [2.05, 4.69) is 0 Å². The number of ether oxygens (including phenoxy) is 2. The number of aliphatic hydroxyl groups excluding tert-OH is 1. The van der Waals surface area contributed by atoms with Crippen LogP contribution in [0, 0.1) is 0 Å². The predicted molar refractivity (Wildman–Crippen MR) is 43.6 cm³/mol. The molecule has 0 saturated heterocycles. The second kappa shape index (κ2) is 5.52. The Hall–Kier alpha value is -0.120. The van der Waals surface area contributed by atoms with E-state index in [1.807, 2.05) is 20.8 Å². The molecule has 0 aliphatic rings. The Morgan fingerprint density at radius 2 is 1.91 bits per heavy atom. The van der Waals surface area contributed by atoms with E-state index in [0.29, 0.717) is 19.8 Å². The first kappa shape index (κ1) is 10.9. The molecular formula is C8H18O3. The summed E-state index contributed by atoms with van der Waals surface area (Å²) in [7, 11) is 0. The van der Waals surface area contributed by atoms with Gasteiger partial charge in [0.05, 0.1) is 25.4 Å². The minimum atomic E-state index is -0.433. The molecule has 0 fully saturated rings. The van der Waals surface area contributed by atoms with Gasteiger partial charge in [-0.1, -0.05) is 0 Å². The zero-order valence-corrected chi connectivity index (χ0v) is 7.59. The summed E-state index contributed by atoms with van der Waals surface area (Å²) in [5, 5.41) is 8.78. The summed E-state index contributed by atoms with van der Waals surface area (Å²) in [5.41, 5.74) is -0.433. The highest BCUT2D eigenvalue weighted by Crippen LogP contribution is 2.06. The summed E-state index contributed by atoms with van der Waals surface area (Å²) in [6, 6.07) is 0. The lowest BCUT2D eigenvalue weighted by Crippen LogP contribution is -2.30. The van der Waals surface area contributed by atoms with E-state index < -0.39 is 5.60 Å². The average molecular weight is 162 g/mol. The quantitative estimate of drug-likeness (QED) is 0.587. The first-order valence-corrected chi connectivity index (χ1v) is 3.95. The molecule has 0 bridgehead atoms. The van der Waals surface area contributed by atoms with Gasteiger partial charge < -0.3 is 14.6 Å². The fourth-order valence-electron chi connectivity index (χ4n) is 0.567. The van der Waals surface area contributed by atoms with Crippen molar-refractivity contribution in [2.24, 2.45) is 0 Å². The Bertz CT molecular complexity index is 91.3. The number of hydrogen-bond acceptors (Lipinski definition) is 3. The van der Waals surface area contributed by atoms with Crippen LogP contribution in [0.2, 0.25) is 0 Å². The molecule has 0 aromatic heterocycles. The minimum Gasteiger partial charge on any atom is -0.393 e. The van der Waals surface area contributed by atoms with Crippen molar-refractivity contribution in [1.82, 2.24) is 0 Å². The summed E-state index contributed by atoms with van der Waals surface area (Å²) in [4.78, 5) is 0. The molecule has 0 atom stereocenters. The first-order valence-electron chi connectivity index (χ1n) is 3.95. The van der Waals surface area contributed by atoms with Crippen molar-refractivity contribution in [1.29, 1.82) is 0 Å². The van der Waals surface area contributed by atoms with Crippen LogP contribution >= 0.6 is 0 Å². The van der Waals surface area contributed by atoms with Gasteiger partial charge in [0.25, 0.3) is 0 Å². The van der Waals surface area contributed by atoms with Gasteiger partial charge in [0.1, 0.15) is 0 Å². The van der Waals surface area contributed by atoms with Crippen molar-refractivity contribution in [3.8, 4) is 0 Å². The Morgan fingerprint density at radius 3 is 2.36 bits per heavy atom. The molecule has 0 aliphatic heterocycles. The highest BCUT2D eigenvalue weighted by Gasteiger charge is 2.15. The lowest BCUT2D eigenvalue weighted by atomic mass is 10.1. The highest BCUT2D eigenvalue weighted by molar-refractivity contribution is 4.65. The molecule has 68 valence electrons. The van der Waals surface area contributed by atoms with Crippen molar-refractivity contribution >= 4 is 0 Å². The van der Waals surface area contributed by atoms with Crippen molar-refractivity contribution in [3.63, 3.8) is 0 Å². The summed E-state index contributed by atoms with van der Waals surface area (Å²) in [5.74, 6) is 0. The van der Waals surface area contributed by atoms with Gasteiger partial charge in [0, 0.05) is 6.61 Å². The van der Waals surface area contributed by atoms with Gasteiger partial charge in [-0.3, -0.25) is 0 Å². The van der Waals surface area contributed by atoms with Crippen LogP contribution in [0.3, 0.4) is 0 Å². The Morgan fingerprint density at radius 1 is 1.27 bits per heavy atom. The molecule has 0 spiro atoms. The van der Waals surface area contributed by atoms with Crippen LogP contribution in [-0.2, 0) is 9.47 Å². The van der Waals surface area contributed by atoms with Crippen LogP contribution in [-0.4, -0.2) is 37.1 Å². The summed E-state index contributed by atoms with van der Waals surface area (Å²) in [6.45, 7) is 7.53. The zero-order chi connectivity index (χ0) is 8.74. The first-order chi connectivity index (χ1) is 5.12. The molecule has 0 unspecified atom stereocenters. The van der Waals surface area contributed by atoms with Crippen LogP contribution in [0.1, 0.15) is 20.8 Å². The Balaban J connectivity index is 3.23. The standard InChI is InChI=1S/C8H18O3/c1-4-10-5-6-11-8(2,3)7-9/h9H,4-7H2,1-3H3. The van der Waals surface area contributed by atoms with Gasteiger partial charge in [0.15, 0.2) is 0 Å². The van der Waals surface area contributed by atoms with E-state index in [0.717, 1.165) is 0 Å². The molecule has 0 aromatic carbocycles. The third kappa shape index (κ3) is 6.28. The molecule has 0 aromatic rings.